The molecule has 1 aromatic heterocycles. The molecule has 0 aromatic carbocycles. The smallest absolute Gasteiger partial charge is 0.182 e. The number of aromatic nitrogens is 2. The molecule has 0 saturated heterocycles. The van der Waals surface area contributed by atoms with E-state index in [1.54, 1.807) is 4.68 Å². The Morgan fingerprint density at radius 2 is 2.11 bits per heavy atom. The van der Waals surface area contributed by atoms with Gasteiger partial charge in [-0.1, -0.05) is 13.8 Å². The molecule has 2 rings (SSSR count). The molecule has 1 saturated carbocycles. The average molecular weight is 286 g/mol. The van der Waals surface area contributed by atoms with E-state index in [-0.39, 0.29) is 10.7 Å². The summed E-state index contributed by atoms with van der Waals surface area (Å²) in [6.45, 7) is 4.70. The van der Waals surface area contributed by atoms with Gasteiger partial charge in [0.2, 0.25) is 0 Å². The fourth-order valence-corrected chi connectivity index (χ4v) is 3.09. The molecule has 19 heavy (non-hydrogen) atoms. The zero-order valence-electron chi connectivity index (χ0n) is 11.7. The molecule has 6 nitrogen and oxygen atoms in total. The first-order valence-corrected chi connectivity index (χ1v) is 8.51. The van der Waals surface area contributed by atoms with Crippen LogP contribution in [-0.2, 0) is 16.4 Å². The van der Waals surface area contributed by atoms with E-state index in [1.165, 1.54) is 12.7 Å². The maximum atomic E-state index is 11.9. The van der Waals surface area contributed by atoms with Crippen LogP contribution in [0.2, 0.25) is 0 Å². The molecule has 1 heterocycles. The van der Waals surface area contributed by atoms with Gasteiger partial charge in [-0.25, -0.2) is 13.1 Å². The summed E-state index contributed by atoms with van der Waals surface area (Å²) in [7, 11) is -3.38. The molecule has 0 unspecified atom stereocenters. The molecule has 1 aliphatic rings. The minimum atomic E-state index is -3.38. The fourth-order valence-electron chi connectivity index (χ4n) is 2.15. The lowest BCUT2D eigenvalue weighted by atomic mass is 9.93. The third-order valence-corrected chi connectivity index (χ3v) is 4.45. The van der Waals surface area contributed by atoms with Crippen LogP contribution in [0.15, 0.2) is 4.90 Å². The second kappa shape index (κ2) is 5.03. The van der Waals surface area contributed by atoms with Crippen LogP contribution in [0, 0.1) is 5.92 Å². The van der Waals surface area contributed by atoms with Crippen molar-refractivity contribution in [3.05, 3.63) is 0 Å². The predicted molar refractivity (Wildman–Crippen MR) is 75.8 cm³/mol. The molecule has 1 fully saturated rings. The van der Waals surface area contributed by atoms with Crippen LogP contribution in [-0.4, -0.2) is 30.5 Å². The van der Waals surface area contributed by atoms with Gasteiger partial charge >= 0.3 is 0 Å². The number of rotatable bonds is 5. The molecular weight excluding hydrogens is 264 g/mol. The second-order valence-electron chi connectivity index (χ2n) is 5.68. The Balaban J connectivity index is 2.38. The van der Waals surface area contributed by atoms with E-state index in [9.17, 15) is 8.42 Å². The Kier molecular flexibility index (Phi) is 3.75. The van der Waals surface area contributed by atoms with Crippen molar-refractivity contribution in [2.24, 2.45) is 5.92 Å². The van der Waals surface area contributed by atoms with Crippen molar-refractivity contribution >= 4 is 21.5 Å². The van der Waals surface area contributed by atoms with Gasteiger partial charge in [-0.3, -0.25) is 0 Å². The summed E-state index contributed by atoms with van der Waals surface area (Å²) in [5.74, 6) is 0.995. The zero-order chi connectivity index (χ0) is 14.2. The van der Waals surface area contributed by atoms with E-state index in [0.717, 1.165) is 12.8 Å². The van der Waals surface area contributed by atoms with Gasteiger partial charge in [0.25, 0.3) is 0 Å². The maximum absolute atomic E-state index is 11.9. The molecule has 108 valence electrons. The largest absolute Gasteiger partial charge is 0.383 e. The first kappa shape index (κ1) is 14.2. The highest BCUT2D eigenvalue weighted by Crippen LogP contribution is 2.31. The third kappa shape index (κ3) is 3.02. The van der Waals surface area contributed by atoms with Crippen molar-refractivity contribution in [1.29, 1.82) is 0 Å². The highest BCUT2D eigenvalue weighted by molar-refractivity contribution is 7.91. The predicted octanol–water partition coefficient (Wildman–Crippen LogP) is 1.49. The number of hydrogen-bond donors (Lipinski definition) is 2. The number of sulfone groups is 1. The Bertz CT molecular complexity index is 559. The maximum Gasteiger partial charge on any atom is 0.182 e. The molecule has 0 radical (unpaired) electrons. The highest BCUT2D eigenvalue weighted by atomic mass is 32.2. The van der Waals surface area contributed by atoms with Crippen LogP contribution >= 0.6 is 0 Å². The number of nitrogens with one attached hydrogen (secondary N) is 1. The van der Waals surface area contributed by atoms with E-state index in [1.807, 2.05) is 13.8 Å². The standard InChI is InChI=1S/C12H22N4O2S/c1-8(2)7-16-11(13)10(19(3,17)18)12(15-16)14-9-5-4-6-9/h8-9H,4-7,13H2,1-3H3,(H,14,15). The van der Waals surface area contributed by atoms with Crippen molar-refractivity contribution < 1.29 is 8.42 Å². The fraction of sp³-hybridized carbons (Fsp3) is 0.750. The summed E-state index contributed by atoms with van der Waals surface area (Å²) >= 11 is 0. The molecule has 0 spiro atoms. The van der Waals surface area contributed by atoms with Crippen molar-refractivity contribution in [2.45, 2.75) is 50.6 Å². The molecule has 7 heteroatoms. The van der Waals surface area contributed by atoms with Gasteiger partial charge in [-0.2, -0.15) is 5.10 Å². The summed E-state index contributed by atoms with van der Waals surface area (Å²) in [6, 6.07) is 0.322. The highest BCUT2D eigenvalue weighted by Gasteiger charge is 2.27. The molecule has 0 atom stereocenters. The van der Waals surface area contributed by atoms with Gasteiger partial charge in [0.15, 0.2) is 20.6 Å². The summed E-state index contributed by atoms with van der Waals surface area (Å²) < 4.78 is 25.4. The van der Waals surface area contributed by atoms with Crippen LogP contribution in [0.4, 0.5) is 11.6 Å². The number of nitrogens with zero attached hydrogens (tertiary/aromatic N) is 2. The van der Waals surface area contributed by atoms with Gasteiger partial charge in [0, 0.05) is 18.8 Å². The summed E-state index contributed by atoms with van der Waals surface area (Å²) in [5.41, 5.74) is 5.96. The molecule has 3 N–H and O–H groups in total. The van der Waals surface area contributed by atoms with Gasteiger partial charge in [-0.05, 0) is 25.2 Å². The summed E-state index contributed by atoms with van der Waals surface area (Å²) in [4.78, 5) is 0.139. The van der Waals surface area contributed by atoms with Crippen LogP contribution in [0.3, 0.4) is 0 Å². The van der Waals surface area contributed by atoms with Gasteiger partial charge < -0.3 is 11.1 Å². The van der Waals surface area contributed by atoms with E-state index in [2.05, 4.69) is 10.4 Å². The number of nitrogen functional groups attached to an aromatic ring is 1. The molecular formula is C12H22N4O2S. The van der Waals surface area contributed by atoms with E-state index in [4.69, 9.17) is 5.73 Å². The Morgan fingerprint density at radius 3 is 2.53 bits per heavy atom. The Labute approximate surface area is 114 Å². The van der Waals surface area contributed by atoms with Crippen LogP contribution in [0.1, 0.15) is 33.1 Å². The van der Waals surface area contributed by atoms with Crippen molar-refractivity contribution in [1.82, 2.24) is 9.78 Å². The van der Waals surface area contributed by atoms with Gasteiger partial charge in [0.1, 0.15) is 5.82 Å². The van der Waals surface area contributed by atoms with Crippen LogP contribution in [0.5, 0.6) is 0 Å². The monoisotopic (exact) mass is 286 g/mol. The normalized spacial score (nSPS) is 16.6. The van der Waals surface area contributed by atoms with Crippen LogP contribution in [0.25, 0.3) is 0 Å². The molecule has 1 aromatic rings. The van der Waals surface area contributed by atoms with Crippen LogP contribution < -0.4 is 11.1 Å². The first-order valence-electron chi connectivity index (χ1n) is 6.62. The van der Waals surface area contributed by atoms with Crippen molar-refractivity contribution in [2.75, 3.05) is 17.3 Å². The van der Waals surface area contributed by atoms with E-state index in [0.29, 0.717) is 24.3 Å². The van der Waals surface area contributed by atoms with Crippen molar-refractivity contribution in [3.63, 3.8) is 0 Å². The SMILES string of the molecule is CC(C)Cn1nc(NC2CCC2)c(S(C)(=O)=O)c1N. The number of nitrogens with two attached hydrogens (primary N) is 1. The lowest BCUT2D eigenvalue weighted by Crippen LogP contribution is -2.28. The molecule has 1 aliphatic carbocycles. The second-order valence-corrected chi connectivity index (χ2v) is 7.64. The quantitative estimate of drug-likeness (QED) is 0.856. The number of hydrogen-bond acceptors (Lipinski definition) is 5. The zero-order valence-corrected chi connectivity index (χ0v) is 12.5. The Hall–Kier alpha value is -1.24. The minimum Gasteiger partial charge on any atom is -0.383 e. The lowest BCUT2D eigenvalue weighted by Gasteiger charge is -2.26. The molecule has 0 bridgehead atoms. The Morgan fingerprint density at radius 1 is 1.47 bits per heavy atom. The van der Waals surface area contributed by atoms with E-state index >= 15 is 0 Å². The lowest BCUT2D eigenvalue weighted by molar-refractivity contribution is 0.441. The third-order valence-electron chi connectivity index (χ3n) is 3.30. The van der Waals surface area contributed by atoms with Gasteiger partial charge in [0.05, 0.1) is 0 Å². The number of anilines is 2. The van der Waals surface area contributed by atoms with Crippen molar-refractivity contribution in [3.8, 4) is 0 Å². The summed E-state index contributed by atoms with van der Waals surface area (Å²) in [6.07, 6.45) is 4.46. The minimum absolute atomic E-state index is 0.139. The first-order chi connectivity index (χ1) is 8.79. The molecule has 0 amide bonds. The van der Waals surface area contributed by atoms with E-state index < -0.39 is 9.84 Å². The topological polar surface area (TPSA) is 90.0 Å². The molecule has 0 aliphatic heterocycles. The average Bonchev–Trinajstić information content (AvgIpc) is 2.48. The van der Waals surface area contributed by atoms with Gasteiger partial charge in [-0.15, -0.1) is 0 Å². The summed E-state index contributed by atoms with van der Waals surface area (Å²) in [5, 5.41) is 7.54.